The quantitative estimate of drug-likeness (QED) is 0.891. The van der Waals surface area contributed by atoms with Crippen molar-refractivity contribution in [2.24, 2.45) is 5.92 Å². The van der Waals surface area contributed by atoms with Crippen LogP contribution in [0.3, 0.4) is 0 Å². The van der Waals surface area contributed by atoms with Crippen molar-refractivity contribution in [1.82, 2.24) is 5.32 Å². The number of rotatable bonds is 4. The molecule has 1 aromatic carbocycles. The first kappa shape index (κ1) is 16.1. The predicted octanol–water partition coefficient (Wildman–Crippen LogP) is 1.95. The largest absolute Gasteiger partial charge is 0.490 e. The van der Waals surface area contributed by atoms with Crippen molar-refractivity contribution in [2.75, 3.05) is 18.5 Å². The van der Waals surface area contributed by atoms with Crippen LogP contribution in [0.2, 0.25) is 0 Å². The average Bonchev–Trinajstić information content (AvgIpc) is 2.68. The minimum Gasteiger partial charge on any atom is -0.490 e. The summed E-state index contributed by atoms with van der Waals surface area (Å²) in [5.74, 6) is 0.810. The zero-order valence-corrected chi connectivity index (χ0v) is 13.1. The lowest BCUT2D eigenvalue weighted by atomic mass is 10.0. The summed E-state index contributed by atoms with van der Waals surface area (Å²) in [6.07, 6.45) is 0.828. The Morgan fingerprint density at radius 1 is 1.14 bits per heavy atom. The number of carbonyl (C=O) groups excluding carboxylic acids is 2. The molecule has 120 valence electrons. The molecule has 1 unspecified atom stereocenters. The van der Waals surface area contributed by atoms with Crippen LogP contribution in [0.25, 0.3) is 0 Å². The van der Waals surface area contributed by atoms with E-state index in [1.807, 2.05) is 13.8 Å². The van der Waals surface area contributed by atoms with Crippen molar-refractivity contribution >= 4 is 17.5 Å². The molecule has 0 fully saturated rings. The summed E-state index contributed by atoms with van der Waals surface area (Å²) in [6, 6.07) is 4.70. The molecule has 2 N–H and O–H groups in total. The Bertz CT molecular complexity index is 557. The van der Waals surface area contributed by atoms with Gasteiger partial charge in [-0.2, -0.15) is 0 Å². The van der Waals surface area contributed by atoms with E-state index < -0.39 is 6.04 Å². The first-order chi connectivity index (χ1) is 10.5. The Balaban J connectivity index is 2.10. The fourth-order valence-electron chi connectivity index (χ4n) is 2.22. The smallest absolute Gasteiger partial charge is 0.247 e. The summed E-state index contributed by atoms with van der Waals surface area (Å²) >= 11 is 0. The first-order valence-corrected chi connectivity index (χ1v) is 7.45. The highest BCUT2D eigenvalue weighted by molar-refractivity contribution is 5.97. The lowest BCUT2D eigenvalue weighted by Gasteiger charge is -2.21. The summed E-state index contributed by atoms with van der Waals surface area (Å²) < 4.78 is 11.1. The van der Waals surface area contributed by atoms with E-state index in [1.165, 1.54) is 6.92 Å². The van der Waals surface area contributed by atoms with Gasteiger partial charge >= 0.3 is 0 Å². The Kier molecular flexibility index (Phi) is 5.25. The lowest BCUT2D eigenvalue weighted by Crippen LogP contribution is -2.46. The van der Waals surface area contributed by atoms with E-state index in [0.717, 1.165) is 6.42 Å². The van der Waals surface area contributed by atoms with Crippen molar-refractivity contribution in [3.05, 3.63) is 18.2 Å². The summed E-state index contributed by atoms with van der Waals surface area (Å²) in [5, 5.41) is 5.47. The molecule has 0 aromatic heterocycles. The SMILES string of the molecule is CC(=O)NC(C(=O)Nc1ccc2c(c1)OCCCO2)C(C)C. The Morgan fingerprint density at radius 2 is 1.82 bits per heavy atom. The molecule has 0 saturated heterocycles. The number of hydrogen-bond donors (Lipinski definition) is 2. The number of carbonyl (C=O) groups is 2. The van der Waals surface area contributed by atoms with Crippen LogP contribution in [0.4, 0.5) is 5.69 Å². The molecule has 6 heteroatoms. The number of amides is 2. The molecule has 1 heterocycles. The third-order valence-corrected chi connectivity index (χ3v) is 3.32. The van der Waals surface area contributed by atoms with Crippen molar-refractivity contribution < 1.29 is 19.1 Å². The fourth-order valence-corrected chi connectivity index (χ4v) is 2.22. The standard InChI is InChI=1S/C16H22N2O4/c1-10(2)15(17-11(3)19)16(20)18-12-5-6-13-14(9-12)22-8-4-7-21-13/h5-6,9-10,15H,4,7-8H2,1-3H3,(H,17,19)(H,18,20). The summed E-state index contributed by atoms with van der Waals surface area (Å²) in [5.41, 5.74) is 0.616. The van der Waals surface area contributed by atoms with E-state index in [2.05, 4.69) is 10.6 Å². The highest BCUT2D eigenvalue weighted by Crippen LogP contribution is 2.32. The van der Waals surface area contributed by atoms with Gasteiger partial charge in [0.2, 0.25) is 11.8 Å². The van der Waals surface area contributed by atoms with Crippen LogP contribution in [0.5, 0.6) is 11.5 Å². The van der Waals surface area contributed by atoms with Gasteiger partial charge in [0, 0.05) is 25.1 Å². The molecule has 22 heavy (non-hydrogen) atoms. The maximum absolute atomic E-state index is 12.3. The third kappa shape index (κ3) is 4.13. The fraction of sp³-hybridized carbons (Fsp3) is 0.500. The molecule has 1 atom stereocenters. The second-order valence-corrected chi connectivity index (χ2v) is 5.62. The maximum atomic E-state index is 12.3. The van der Waals surface area contributed by atoms with Crippen molar-refractivity contribution in [3.8, 4) is 11.5 Å². The van der Waals surface area contributed by atoms with Gasteiger partial charge in [0.1, 0.15) is 6.04 Å². The highest BCUT2D eigenvalue weighted by Gasteiger charge is 2.23. The molecule has 1 aliphatic heterocycles. The van der Waals surface area contributed by atoms with E-state index in [4.69, 9.17) is 9.47 Å². The number of ether oxygens (including phenoxy) is 2. The summed E-state index contributed by atoms with van der Waals surface area (Å²) in [6.45, 7) is 6.38. The van der Waals surface area contributed by atoms with Crippen LogP contribution in [-0.4, -0.2) is 31.1 Å². The van der Waals surface area contributed by atoms with Crippen molar-refractivity contribution in [3.63, 3.8) is 0 Å². The Morgan fingerprint density at radius 3 is 2.45 bits per heavy atom. The molecule has 2 rings (SSSR count). The first-order valence-electron chi connectivity index (χ1n) is 7.45. The van der Waals surface area contributed by atoms with Gasteiger partial charge in [-0.05, 0) is 18.1 Å². The number of benzene rings is 1. The van der Waals surface area contributed by atoms with Crippen LogP contribution in [-0.2, 0) is 9.59 Å². The Hall–Kier alpha value is -2.24. The van der Waals surface area contributed by atoms with E-state index in [9.17, 15) is 9.59 Å². The number of nitrogens with one attached hydrogen (secondary N) is 2. The normalized spacial score (nSPS) is 14.9. The van der Waals surface area contributed by atoms with Crippen LogP contribution in [0, 0.1) is 5.92 Å². The van der Waals surface area contributed by atoms with E-state index >= 15 is 0 Å². The highest BCUT2D eigenvalue weighted by atomic mass is 16.5. The van der Waals surface area contributed by atoms with Crippen LogP contribution >= 0.6 is 0 Å². The monoisotopic (exact) mass is 306 g/mol. The molecule has 0 aliphatic carbocycles. The van der Waals surface area contributed by atoms with Gasteiger partial charge in [0.05, 0.1) is 13.2 Å². The summed E-state index contributed by atoms with van der Waals surface area (Å²) in [4.78, 5) is 23.5. The summed E-state index contributed by atoms with van der Waals surface area (Å²) in [7, 11) is 0. The molecular weight excluding hydrogens is 284 g/mol. The second-order valence-electron chi connectivity index (χ2n) is 5.62. The third-order valence-electron chi connectivity index (χ3n) is 3.32. The number of anilines is 1. The molecule has 0 saturated carbocycles. The maximum Gasteiger partial charge on any atom is 0.247 e. The molecule has 2 amide bonds. The van der Waals surface area contributed by atoms with Gasteiger partial charge in [0.25, 0.3) is 0 Å². The molecular formula is C16H22N2O4. The number of hydrogen-bond acceptors (Lipinski definition) is 4. The van der Waals surface area contributed by atoms with Crippen LogP contribution in [0.15, 0.2) is 18.2 Å². The van der Waals surface area contributed by atoms with Gasteiger partial charge in [-0.15, -0.1) is 0 Å². The zero-order valence-electron chi connectivity index (χ0n) is 13.1. The molecule has 0 bridgehead atoms. The zero-order chi connectivity index (χ0) is 16.1. The number of fused-ring (bicyclic) bond motifs is 1. The predicted molar refractivity (Wildman–Crippen MR) is 83.1 cm³/mol. The molecule has 1 aliphatic rings. The molecule has 0 radical (unpaired) electrons. The van der Waals surface area contributed by atoms with Gasteiger partial charge in [-0.25, -0.2) is 0 Å². The Labute approximate surface area is 130 Å². The molecule has 1 aromatic rings. The van der Waals surface area contributed by atoms with E-state index in [0.29, 0.717) is 30.4 Å². The van der Waals surface area contributed by atoms with Gasteiger partial charge in [-0.1, -0.05) is 13.8 Å². The van der Waals surface area contributed by atoms with Gasteiger partial charge in [0.15, 0.2) is 11.5 Å². The minimum absolute atomic E-state index is 0.00990. The van der Waals surface area contributed by atoms with Crippen LogP contribution in [0.1, 0.15) is 27.2 Å². The molecule has 0 spiro atoms. The second kappa shape index (κ2) is 7.15. The topological polar surface area (TPSA) is 76.7 Å². The lowest BCUT2D eigenvalue weighted by molar-refractivity contribution is -0.126. The van der Waals surface area contributed by atoms with Crippen LogP contribution < -0.4 is 20.1 Å². The average molecular weight is 306 g/mol. The minimum atomic E-state index is -0.575. The van der Waals surface area contributed by atoms with E-state index in [1.54, 1.807) is 18.2 Å². The molecule has 6 nitrogen and oxygen atoms in total. The van der Waals surface area contributed by atoms with Gasteiger partial charge in [-0.3, -0.25) is 9.59 Å². The van der Waals surface area contributed by atoms with Crippen molar-refractivity contribution in [1.29, 1.82) is 0 Å². The van der Waals surface area contributed by atoms with E-state index in [-0.39, 0.29) is 17.7 Å². The van der Waals surface area contributed by atoms with Crippen molar-refractivity contribution in [2.45, 2.75) is 33.2 Å². The van der Waals surface area contributed by atoms with Gasteiger partial charge < -0.3 is 20.1 Å².